The Morgan fingerprint density at radius 2 is 2.31 bits per heavy atom. The van der Waals surface area contributed by atoms with E-state index in [-0.39, 0.29) is 18.0 Å². The van der Waals surface area contributed by atoms with E-state index < -0.39 is 5.38 Å². The van der Waals surface area contributed by atoms with Crippen LogP contribution in [0.25, 0.3) is 0 Å². The summed E-state index contributed by atoms with van der Waals surface area (Å²) < 4.78 is 5.16. The molecule has 2 nitrogen and oxygen atoms in total. The number of rotatable bonds is 0. The average Bonchev–Trinajstić information content (AvgIpc) is 2.31. The Hall–Kier alpha value is -0.500. The summed E-state index contributed by atoms with van der Waals surface area (Å²) in [5.74, 6) is -0.0473. The van der Waals surface area contributed by atoms with E-state index >= 15 is 0 Å². The van der Waals surface area contributed by atoms with Crippen molar-refractivity contribution in [1.82, 2.24) is 0 Å². The minimum atomic E-state index is -0.423. The number of allylic oxidation sites excluding steroid dienone is 1. The molecule has 0 aromatic rings. The summed E-state index contributed by atoms with van der Waals surface area (Å²) in [5, 5.41) is -0.423. The Kier molecular flexibility index (Phi) is 2.58. The maximum atomic E-state index is 11.2. The van der Waals surface area contributed by atoms with Crippen molar-refractivity contribution in [2.75, 3.05) is 0 Å². The predicted octanol–water partition coefficient (Wildman–Crippen LogP) is 2.27. The molecule has 0 aromatic carbocycles. The van der Waals surface area contributed by atoms with Gasteiger partial charge in [-0.05, 0) is 25.3 Å². The SMILES string of the molecule is O=C1OC2/C=C\CCCCC2C1Cl. The zero-order valence-electron chi connectivity index (χ0n) is 7.41. The van der Waals surface area contributed by atoms with E-state index in [1.54, 1.807) is 0 Å². The van der Waals surface area contributed by atoms with Crippen LogP contribution in [0.5, 0.6) is 0 Å². The van der Waals surface area contributed by atoms with E-state index in [2.05, 4.69) is 6.08 Å². The largest absolute Gasteiger partial charge is 0.457 e. The Morgan fingerprint density at radius 3 is 3.15 bits per heavy atom. The van der Waals surface area contributed by atoms with Gasteiger partial charge in [-0.2, -0.15) is 0 Å². The lowest BCUT2D eigenvalue weighted by molar-refractivity contribution is -0.139. The van der Waals surface area contributed by atoms with Gasteiger partial charge in [-0.3, -0.25) is 4.79 Å². The third kappa shape index (κ3) is 1.73. The third-order valence-electron chi connectivity index (χ3n) is 2.76. The number of carbonyl (C=O) groups is 1. The number of halogens is 1. The number of carbonyl (C=O) groups excluding carboxylic acids is 1. The van der Waals surface area contributed by atoms with Crippen molar-refractivity contribution in [3.05, 3.63) is 12.2 Å². The number of fused-ring (bicyclic) bond motifs is 1. The van der Waals surface area contributed by atoms with Crippen molar-refractivity contribution in [3.63, 3.8) is 0 Å². The molecule has 0 aromatic heterocycles. The van der Waals surface area contributed by atoms with Gasteiger partial charge in [0.25, 0.3) is 0 Å². The van der Waals surface area contributed by atoms with E-state index in [0.29, 0.717) is 0 Å². The molecule has 1 heterocycles. The van der Waals surface area contributed by atoms with Gasteiger partial charge in [-0.1, -0.05) is 12.5 Å². The highest BCUT2D eigenvalue weighted by Crippen LogP contribution is 2.33. The summed E-state index contributed by atoms with van der Waals surface area (Å²) in [6, 6.07) is 0. The summed E-state index contributed by atoms with van der Waals surface area (Å²) in [4.78, 5) is 11.2. The fourth-order valence-electron chi connectivity index (χ4n) is 1.99. The van der Waals surface area contributed by atoms with Crippen molar-refractivity contribution in [2.24, 2.45) is 5.92 Å². The molecule has 2 rings (SSSR count). The van der Waals surface area contributed by atoms with E-state index in [0.717, 1.165) is 19.3 Å². The van der Waals surface area contributed by atoms with Crippen LogP contribution in [-0.4, -0.2) is 17.5 Å². The van der Waals surface area contributed by atoms with Crippen molar-refractivity contribution in [1.29, 1.82) is 0 Å². The molecule has 0 saturated carbocycles. The fraction of sp³-hybridized carbons (Fsp3) is 0.700. The maximum absolute atomic E-state index is 11.2. The van der Waals surface area contributed by atoms with Gasteiger partial charge in [0.05, 0.1) is 0 Å². The lowest BCUT2D eigenvalue weighted by atomic mass is 9.91. The Labute approximate surface area is 82.9 Å². The van der Waals surface area contributed by atoms with Gasteiger partial charge < -0.3 is 4.74 Å². The molecule has 1 saturated heterocycles. The second kappa shape index (κ2) is 3.70. The lowest BCUT2D eigenvalue weighted by Crippen LogP contribution is -2.20. The van der Waals surface area contributed by atoms with Gasteiger partial charge in [0.2, 0.25) is 0 Å². The normalized spacial score (nSPS) is 41.6. The molecule has 13 heavy (non-hydrogen) atoms. The number of hydrogen-bond acceptors (Lipinski definition) is 2. The van der Waals surface area contributed by atoms with Crippen molar-refractivity contribution in [3.8, 4) is 0 Å². The summed E-state index contributed by atoms with van der Waals surface area (Å²) >= 11 is 5.95. The van der Waals surface area contributed by atoms with Gasteiger partial charge >= 0.3 is 5.97 Å². The molecule has 2 aliphatic rings. The standard InChI is InChI=1S/C10H13ClO2/c11-9-7-5-3-1-2-4-6-8(7)13-10(9)12/h4,6-9H,1-3,5H2/b6-4-. The molecule has 3 atom stereocenters. The van der Waals surface area contributed by atoms with E-state index in [9.17, 15) is 4.79 Å². The van der Waals surface area contributed by atoms with E-state index in [1.165, 1.54) is 6.42 Å². The van der Waals surface area contributed by atoms with Crippen LogP contribution in [0.4, 0.5) is 0 Å². The molecule has 1 aliphatic heterocycles. The van der Waals surface area contributed by atoms with Gasteiger partial charge in [0.15, 0.2) is 0 Å². The van der Waals surface area contributed by atoms with Gasteiger partial charge in [0.1, 0.15) is 11.5 Å². The maximum Gasteiger partial charge on any atom is 0.325 e. The zero-order chi connectivity index (χ0) is 9.26. The predicted molar refractivity (Wildman–Crippen MR) is 50.6 cm³/mol. The van der Waals surface area contributed by atoms with Crippen LogP contribution in [0, 0.1) is 5.92 Å². The molecule has 0 N–H and O–H groups in total. The van der Waals surface area contributed by atoms with Crippen molar-refractivity contribution in [2.45, 2.75) is 37.2 Å². The molecular formula is C10H13ClO2. The molecule has 1 fully saturated rings. The molecule has 3 heteroatoms. The fourth-order valence-corrected chi connectivity index (χ4v) is 2.31. The highest BCUT2D eigenvalue weighted by atomic mass is 35.5. The molecule has 1 aliphatic carbocycles. The molecule has 0 radical (unpaired) electrons. The molecule has 0 amide bonds. The first-order valence-electron chi connectivity index (χ1n) is 4.80. The topological polar surface area (TPSA) is 26.3 Å². The monoisotopic (exact) mass is 200 g/mol. The second-order valence-electron chi connectivity index (χ2n) is 3.68. The average molecular weight is 201 g/mol. The number of hydrogen-bond donors (Lipinski definition) is 0. The van der Waals surface area contributed by atoms with Crippen LogP contribution in [0.2, 0.25) is 0 Å². The van der Waals surface area contributed by atoms with Crippen LogP contribution in [0.3, 0.4) is 0 Å². The Balaban J connectivity index is 2.14. The summed E-state index contributed by atoms with van der Waals surface area (Å²) in [7, 11) is 0. The first kappa shape index (κ1) is 9.07. The Bertz CT molecular complexity index is 237. The quantitative estimate of drug-likeness (QED) is 0.341. The second-order valence-corrected chi connectivity index (χ2v) is 4.15. The van der Waals surface area contributed by atoms with Crippen molar-refractivity contribution >= 4 is 17.6 Å². The Morgan fingerprint density at radius 1 is 1.46 bits per heavy atom. The molecule has 0 spiro atoms. The molecular weight excluding hydrogens is 188 g/mol. The minimum absolute atomic E-state index is 0.0599. The summed E-state index contributed by atoms with van der Waals surface area (Å²) in [6.45, 7) is 0. The summed E-state index contributed by atoms with van der Waals surface area (Å²) in [6.07, 6.45) is 8.46. The van der Waals surface area contributed by atoms with Crippen LogP contribution >= 0.6 is 11.6 Å². The first-order valence-corrected chi connectivity index (χ1v) is 5.24. The molecule has 3 unspecified atom stereocenters. The minimum Gasteiger partial charge on any atom is -0.457 e. The van der Waals surface area contributed by atoms with Crippen molar-refractivity contribution < 1.29 is 9.53 Å². The number of alkyl halides is 1. The first-order chi connectivity index (χ1) is 6.29. The van der Waals surface area contributed by atoms with Crippen LogP contribution < -0.4 is 0 Å². The van der Waals surface area contributed by atoms with E-state index in [4.69, 9.17) is 16.3 Å². The van der Waals surface area contributed by atoms with Crippen LogP contribution in [-0.2, 0) is 9.53 Å². The number of esters is 1. The van der Waals surface area contributed by atoms with Gasteiger partial charge in [0, 0.05) is 5.92 Å². The van der Waals surface area contributed by atoms with Gasteiger partial charge in [-0.15, -0.1) is 11.6 Å². The van der Waals surface area contributed by atoms with Crippen LogP contribution in [0.15, 0.2) is 12.2 Å². The van der Waals surface area contributed by atoms with E-state index in [1.807, 2.05) is 6.08 Å². The summed E-state index contributed by atoms with van der Waals surface area (Å²) in [5.41, 5.74) is 0. The van der Waals surface area contributed by atoms with Crippen LogP contribution in [0.1, 0.15) is 25.7 Å². The lowest BCUT2D eigenvalue weighted by Gasteiger charge is -2.17. The third-order valence-corrected chi connectivity index (χ3v) is 3.26. The molecule has 72 valence electrons. The molecule has 0 bridgehead atoms. The zero-order valence-corrected chi connectivity index (χ0v) is 8.17. The highest BCUT2D eigenvalue weighted by Gasteiger charge is 2.41. The highest BCUT2D eigenvalue weighted by molar-refractivity contribution is 6.30. The number of ether oxygens (including phenoxy) is 1. The van der Waals surface area contributed by atoms with Gasteiger partial charge in [-0.25, -0.2) is 0 Å². The smallest absolute Gasteiger partial charge is 0.325 e.